The van der Waals surface area contributed by atoms with Crippen LogP contribution in [0.3, 0.4) is 0 Å². The third-order valence-corrected chi connectivity index (χ3v) is 2.81. The van der Waals surface area contributed by atoms with E-state index in [1.54, 1.807) is 17.5 Å². The lowest BCUT2D eigenvalue weighted by Gasteiger charge is -2.18. The number of nitrogens with zero attached hydrogens (tertiary/aromatic N) is 3. The van der Waals surface area contributed by atoms with Gasteiger partial charge in [0.05, 0.1) is 11.9 Å². The molecule has 0 atom stereocenters. The Labute approximate surface area is 92.4 Å². The lowest BCUT2D eigenvalue weighted by molar-refractivity contribution is 0.897. The van der Waals surface area contributed by atoms with Crippen LogP contribution in [-0.2, 0) is 6.54 Å². The summed E-state index contributed by atoms with van der Waals surface area (Å²) >= 11 is 1.69. The minimum atomic E-state index is 0.607. The summed E-state index contributed by atoms with van der Waals surface area (Å²) in [5, 5.41) is 4.18. The standard InChI is InChI=1S/C10H12N4S/c1-14(5-8-2-3-15-6-8)10-9(11)4-12-7-13-10/h2-4,6-7H,5,11H2,1H3. The Morgan fingerprint density at radius 2 is 2.40 bits per heavy atom. The fourth-order valence-corrected chi connectivity index (χ4v) is 2.04. The number of anilines is 2. The number of thiophene rings is 1. The zero-order chi connectivity index (χ0) is 10.7. The summed E-state index contributed by atoms with van der Waals surface area (Å²) in [5.74, 6) is 0.774. The number of hydrogen-bond donors (Lipinski definition) is 1. The van der Waals surface area contributed by atoms with Crippen molar-refractivity contribution in [3.63, 3.8) is 0 Å². The number of nitrogen functional groups attached to an aromatic ring is 1. The molecule has 0 spiro atoms. The van der Waals surface area contributed by atoms with Gasteiger partial charge in [0.25, 0.3) is 0 Å². The first-order valence-electron chi connectivity index (χ1n) is 4.55. The van der Waals surface area contributed by atoms with Crippen LogP contribution in [0.15, 0.2) is 29.4 Å². The molecule has 15 heavy (non-hydrogen) atoms. The van der Waals surface area contributed by atoms with Crippen LogP contribution >= 0.6 is 11.3 Å². The van der Waals surface area contributed by atoms with Gasteiger partial charge in [0.15, 0.2) is 5.82 Å². The Morgan fingerprint density at radius 3 is 3.07 bits per heavy atom. The first kappa shape index (κ1) is 9.92. The van der Waals surface area contributed by atoms with E-state index in [4.69, 9.17) is 5.73 Å². The predicted octanol–water partition coefficient (Wildman–Crippen LogP) is 1.76. The second-order valence-corrected chi connectivity index (χ2v) is 4.07. The maximum atomic E-state index is 5.79. The molecular formula is C10H12N4S. The molecule has 0 radical (unpaired) electrons. The highest BCUT2D eigenvalue weighted by Gasteiger charge is 2.07. The van der Waals surface area contributed by atoms with Crippen LogP contribution in [0.25, 0.3) is 0 Å². The van der Waals surface area contributed by atoms with E-state index in [0.717, 1.165) is 12.4 Å². The van der Waals surface area contributed by atoms with E-state index in [1.807, 2.05) is 11.9 Å². The van der Waals surface area contributed by atoms with Crippen LogP contribution in [0, 0.1) is 0 Å². The van der Waals surface area contributed by atoms with Gasteiger partial charge in [0.1, 0.15) is 6.33 Å². The number of aromatic nitrogens is 2. The van der Waals surface area contributed by atoms with Crippen molar-refractivity contribution in [2.45, 2.75) is 6.54 Å². The summed E-state index contributed by atoms with van der Waals surface area (Å²) < 4.78 is 0. The average molecular weight is 220 g/mol. The second-order valence-electron chi connectivity index (χ2n) is 3.29. The first-order chi connectivity index (χ1) is 7.27. The molecule has 2 rings (SSSR count). The van der Waals surface area contributed by atoms with E-state index in [1.165, 1.54) is 11.9 Å². The van der Waals surface area contributed by atoms with Crippen molar-refractivity contribution in [3.8, 4) is 0 Å². The van der Waals surface area contributed by atoms with Gasteiger partial charge < -0.3 is 10.6 Å². The summed E-state index contributed by atoms with van der Waals surface area (Å²) in [5.41, 5.74) is 7.66. The van der Waals surface area contributed by atoms with Crippen LogP contribution in [-0.4, -0.2) is 17.0 Å². The van der Waals surface area contributed by atoms with Crippen molar-refractivity contribution in [3.05, 3.63) is 34.9 Å². The van der Waals surface area contributed by atoms with E-state index < -0.39 is 0 Å². The average Bonchev–Trinajstić information content (AvgIpc) is 2.71. The molecule has 5 heteroatoms. The van der Waals surface area contributed by atoms with E-state index in [2.05, 4.69) is 26.8 Å². The fourth-order valence-electron chi connectivity index (χ4n) is 1.38. The van der Waals surface area contributed by atoms with E-state index >= 15 is 0 Å². The number of hydrogen-bond acceptors (Lipinski definition) is 5. The summed E-state index contributed by atoms with van der Waals surface area (Å²) in [6, 6.07) is 2.10. The van der Waals surface area contributed by atoms with Gasteiger partial charge in [-0.05, 0) is 22.4 Å². The van der Waals surface area contributed by atoms with Gasteiger partial charge in [-0.1, -0.05) is 0 Å². The molecule has 2 aromatic heterocycles. The molecule has 0 bridgehead atoms. The highest BCUT2D eigenvalue weighted by molar-refractivity contribution is 7.07. The van der Waals surface area contributed by atoms with Crippen molar-refractivity contribution < 1.29 is 0 Å². The van der Waals surface area contributed by atoms with E-state index in [-0.39, 0.29) is 0 Å². The zero-order valence-corrected chi connectivity index (χ0v) is 9.24. The normalized spacial score (nSPS) is 10.2. The molecular weight excluding hydrogens is 208 g/mol. The Bertz CT molecular complexity index is 427. The maximum Gasteiger partial charge on any atom is 0.155 e. The molecule has 0 aliphatic carbocycles. The van der Waals surface area contributed by atoms with Crippen LogP contribution in [0.4, 0.5) is 11.5 Å². The lowest BCUT2D eigenvalue weighted by Crippen LogP contribution is -2.18. The largest absolute Gasteiger partial charge is 0.394 e. The van der Waals surface area contributed by atoms with E-state index in [9.17, 15) is 0 Å². The molecule has 0 saturated carbocycles. The van der Waals surface area contributed by atoms with E-state index in [0.29, 0.717) is 5.69 Å². The summed E-state index contributed by atoms with van der Waals surface area (Å²) in [6.45, 7) is 0.810. The zero-order valence-electron chi connectivity index (χ0n) is 8.42. The third-order valence-electron chi connectivity index (χ3n) is 2.08. The molecule has 0 saturated heterocycles. The summed E-state index contributed by atoms with van der Waals surface area (Å²) in [4.78, 5) is 10.0. The lowest BCUT2D eigenvalue weighted by atomic mass is 10.3. The molecule has 0 amide bonds. The molecule has 4 nitrogen and oxygen atoms in total. The minimum absolute atomic E-state index is 0.607. The molecule has 0 aliphatic rings. The van der Waals surface area contributed by atoms with Crippen LogP contribution in [0.1, 0.15) is 5.56 Å². The topological polar surface area (TPSA) is 55.0 Å². The molecule has 0 fully saturated rings. The van der Waals surface area contributed by atoms with Crippen molar-refractivity contribution in [1.29, 1.82) is 0 Å². The molecule has 2 heterocycles. The quantitative estimate of drug-likeness (QED) is 0.856. The molecule has 2 N–H and O–H groups in total. The second kappa shape index (κ2) is 4.27. The van der Waals surface area contributed by atoms with Gasteiger partial charge in [-0.25, -0.2) is 9.97 Å². The predicted molar refractivity (Wildman–Crippen MR) is 62.9 cm³/mol. The maximum absolute atomic E-state index is 5.79. The van der Waals surface area contributed by atoms with Crippen molar-refractivity contribution >= 4 is 22.8 Å². The number of rotatable bonds is 3. The molecule has 0 aliphatic heterocycles. The van der Waals surface area contributed by atoms with Gasteiger partial charge in [0.2, 0.25) is 0 Å². The minimum Gasteiger partial charge on any atom is -0.394 e. The van der Waals surface area contributed by atoms with Gasteiger partial charge in [-0.3, -0.25) is 0 Å². The van der Waals surface area contributed by atoms with Crippen LogP contribution in [0.2, 0.25) is 0 Å². The smallest absolute Gasteiger partial charge is 0.155 e. The van der Waals surface area contributed by atoms with Crippen molar-refractivity contribution in [1.82, 2.24) is 9.97 Å². The Morgan fingerprint density at radius 1 is 1.53 bits per heavy atom. The fraction of sp³-hybridized carbons (Fsp3) is 0.200. The van der Waals surface area contributed by atoms with Crippen LogP contribution in [0.5, 0.6) is 0 Å². The Balaban J connectivity index is 2.15. The van der Waals surface area contributed by atoms with Gasteiger partial charge in [-0.15, -0.1) is 0 Å². The monoisotopic (exact) mass is 220 g/mol. The summed E-state index contributed by atoms with van der Waals surface area (Å²) in [6.07, 6.45) is 3.13. The van der Waals surface area contributed by atoms with Gasteiger partial charge >= 0.3 is 0 Å². The highest BCUT2D eigenvalue weighted by atomic mass is 32.1. The molecule has 2 aromatic rings. The SMILES string of the molecule is CN(Cc1ccsc1)c1ncncc1N. The van der Waals surface area contributed by atoms with Crippen molar-refractivity contribution in [2.75, 3.05) is 17.7 Å². The van der Waals surface area contributed by atoms with Crippen LogP contribution < -0.4 is 10.6 Å². The first-order valence-corrected chi connectivity index (χ1v) is 5.49. The summed E-state index contributed by atoms with van der Waals surface area (Å²) in [7, 11) is 1.97. The molecule has 0 aromatic carbocycles. The molecule has 78 valence electrons. The third kappa shape index (κ3) is 2.24. The van der Waals surface area contributed by atoms with Crippen molar-refractivity contribution in [2.24, 2.45) is 0 Å². The molecule has 0 unspecified atom stereocenters. The van der Waals surface area contributed by atoms with Gasteiger partial charge in [-0.2, -0.15) is 11.3 Å². The number of nitrogens with two attached hydrogens (primary N) is 1. The Hall–Kier alpha value is -1.62. The highest BCUT2D eigenvalue weighted by Crippen LogP contribution is 2.19. The Kier molecular flexibility index (Phi) is 2.82. The van der Waals surface area contributed by atoms with Gasteiger partial charge in [0, 0.05) is 13.6 Å².